The van der Waals surface area contributed by atoms with Crippen LogP contribution in [-0.2, 0) is 24.1 Å². The molecule has 1 saturated carbocycles. The number of benzene rings is 1. The molecule has 1 fully saturated rings. The Labute approximate surface area is 210 Å². The van der Waals surface area contributed by atoms with Gasteiger partial charge in [-0.05, 0) is 46.5 Å². The SMILES string of the molecule is O=C(CCn1nc(C(F)(F)F)c(Br)c1C1CC1)Nc1nn(Cc2ccc(Cl)c(Cl)c2)cc1Cl. The third kappa shape index (κ3) is 5.67. The van der Waals surface area contributed by atoms with E-state index in [2.05, 4.69) is 31.4 Å². The summed E-state index contributed by atoms with van der Waals surface area (Å²) in [6.45, 7) is 0.340. The summed E-state index contributed by atoms with van der Waals surface area (Å²) in [5, 5.41) is 11.6. The second-order valence-electron chi connectivity index (χ2n) is 7.61. The van der Waals surface area contributed by atoms with Gasteiger partial charge in [0, 0.05) is 18.5 Å². The predicted octanol–water partition coefficient (Wildman–Crippen LogP) is 6.78. The van der Waals surface area contributed by atoms with Gasteiger partial charge in [-0.2, -0.15) is 23.4 Å². The van der Waals surface area contributed by atoms with Gasteiger partial charge >= 0.3 is 6.18 Å². The van der Waals surface area contributed by atoms with Gasteiger partial charge in [-0.1, -0.05) is 40.9 Å². The summed E-state index contributed by atoms with van der Waals surface area (Å²) in [5.41, 5.74) is 0.326. The molecule has 0 atom stereocenters. The van der Waals surface area contributed by atoms with Gasteiger partial charge in [0.05, 0.1) is 33.3 Å². The number of rotatable bonds is 7. The Morgan fingerprint density at radius 2 is 1.88 bits per heavy atom. The normalized spacial score (nSPS) is 14.0. The van der Waals surface area contributed by atoms with Crippen LogP contribution < -0.4 is 5.32 Å². The minimum atomic E-state index is -4.58. The number of carbonyl (C=O) groups is 1. The summed E-state index contributed by atoms with van der Waals surface area (Å²) in [6.07, 6.45) is -1.55. The van der Waals surface area contributed by atoms with Crippen molar-refractivity contribution in [1.29, 1.82) is 0 Å². The second-order valence-corrected chi connectivity index (χ2v) is 9.63. The number of alkyl halides is 3. The van der Waals surface area contributed by atoms with E-state index < -0.39 is 17.8 Å². The summed E-state index contributed by atoms with van der Waals surface area (Å²) in [4.78, 5) is 12.4. The van der Waals surface area contributed by atoms with E-state index >= 15 is 0 Å². The van der Waals surface area contributed by atoms with Crippen LogP contribution in [0.2, 0.25) is 15.1 Å². The molecule has 1 amide bonds. The molecule has 0 radical (unpaired) electrons. The first-order valence-electron chi connectivity index (χ1n) is 9.83. The number of hydrogen-bond acceptors (Lipinski definition) is 3. The van der Waals surface area contributed by atoms with Gasteiger partial charge in [0.15, 0.2) is 11.5 Å². The quantitative estimate of drug-likeness (QED) is 0.333. The highest BCUT2D eigenvalue weighted by Gasteiger charge is 2.41. The van der Waals surface area contributed by atoms with Gasteiger partial charge in [0.2, 0.25) is 5.91 Å². The maximum atomic E-state index is 13.2. The van der Waals surface area contributed by atoms with Gasteiger partial charge < -0.3 is 5.32 Å². The molecule has 1 aliphatic carbocycles. The minimum Gasteiger partial charge on any atom is -0.308 e. The standard InChI is InChI=1S/C20H16BrCl3F3N5O/c21-16-17(11-2-3-11)32(29-18(16)20(25,26)27)6-5-15(33)28-19-14(24)9-31(30-19)8-10-1-4-12(22)13(23)7-10/h1,4,7,9,11H,2-3,5-6,8H2,(H,28,30,33). The predicted molar refractivity (Wildman–Crippen MR) is 123 cm³/mol. The molecule has 2 aromatic heterocycles. The van der Waals surface area contributed by atoms with Gasteiger partial charge in [-0.15, -0.1) is 0 Å². The molecule has 0 spiro atoms. The van der Waals surface area contributed by atoms with Crippen molar-refractivity contribution in [3.05, 3.63) is 60.9 Å². The Balaban J connectivity index is 1.41. The molecule has 3 aromatic rings. The average molecular weight is 586 g/mol. The molecule has 13 heteroatoms. The molecule has 1 aliphatic rings. The van der Waals surface area contributed by atoms with Crippen molar-refractivity contribution in [3.63, 3.8) is 0 Å². The number of amides is 1. The fraction of sp³-hybridized carbons (Fsp3) is 0.350. The molecule has 0 bridgehead atoms. The lowest BCUT2D eigenvalue weighted by molar-refractivity contribution is -0.142. The fourth-order valence-electron chi connectivity index (χ4n) is 3.34. The number of anilines is 1. The number of carbonyl (C=O) groups excluding carboxylic acids is 1. The first-order chi connectivity index (χ1) is 15.5. The molecule has 6 nitrogen and oxygen atoms in total. The number of halogens is 7. The Morgan fingerprint density at radius 1 is 1.15 bits per heavy atom. The Kier molecular flexibility index (Phi) is 7.00. The second kappa shape index (κ2) is 9.48. The zero-order valence-electron chi connectivity index (χ0n) is 16.8. The molecular weight excluding hydrogens is 570 g/mol. The lowest BCUT2D eigenvalue weighted by atomic mass is 10.2. The third-order valence-electron chi connectivity index (χ3n) is 5.02. The highest BCUT2D eigenvalue weighted by molar-refractivity contribution is 9.10. The zero-order chi connectivity index (χ0) is 23.9. The third-order valence-corrected chi connectivity index (χ3v) is 6.82. The number of hydrogen-bond donors (Lipinski definition) is 1. The maximum Gasteiger partial charge on any atom is 0.436 e. The van der Waals surface area contributed by atoms with Crippen LogP contribution in [0.5, 0.6) is 0 Å². The molecular formula is C20H16BrCl3F3N5O. The number of nitrogens with zero attached hydrogens (tertiary/aromatic N) is 4. The molecule has 33 heavy (non-hydrogen) atoms. The summed E-state index contributed by atoms with van der Waals surface area (Å²) in [7, 11) is 0. The minimum absolute atomic E-state index is 0.00600. The van der Waals surface area contributed by atoms with Crippen molar-refractivity contribution in [1.82, 2.24) is 19.6 Å². The zero-order valence-corrected chi connectivity index (χ0v) is 20.6. The molecule has 0 unspecified atom stereocenters. The van der Waals surface area contributed by atoms with Crippen molar-refractivity contribution in [2.45, 2.75) is 44.4 Å². The van der Waals surface area contributed by atoms with E-state index in [1.54, 1.807) is 24.4 Å². The van der Waals surface area contributed by atoms with Crippen molar-refractivity contribution in [2.75, 3.05) is 5.32 Å². The first-order valence-corrected chi connectivity index (χ1v) is 11.8. The van der Waals surface area contributed by atoms with Crippen molar-refractivity contribution >= 4 is 62.5 Å². The summed E-state index contributed by atoms with van der Waals surface area (Å²) in [6, 6.07) is 5.16. The monoisotopic (exact) mass is 583 g/mol. The van der Waals surface area contributed by atoms with Crippen LogP contribution in [-0.4, -0.2) is 25.5 Å². The topological polar surface area (TPSA) is 64.7 Å². The smallest absolute Gasteiger partial charge is 0.308 e. The van der Waals surface area contributed by atoms with Gasteiger partial charge in [-0.3, -0.25) is 14.2 Å². The van der Waals surface area contributed by atoms with E-state index in [9.17, 15) is 18.0 Å². The van der Waals surface area contributed by atoms with Crippen molar-refractivity contribution in [2.24, 2.45) is 0 Å². The lowest BCUT2D eigenvalue weighted by Crippen LogP contribution is -2.17. The molecule has 0 saturated heterocycles. The molecule has 4 rings (SSSR count). The molecule has 176 valence electrons. The van der Waals surface area contributed by atoms with Crippen LogP contribution in [0, 0.1) is 0 Å². The van der Waals surface area contributed by atoms with Crippen LogP contribution in [0.25, 0.3) is 0 Å². The van der Waals surface area contributed by atoms with Crippen LogP contribution >= 0.6 is 50.7 Å². The van der Waals surface area contributed by atoms with E-state index in [1.165, 1.54) is 9.36 Å². The summed E-state index contributed by atoms with van der Waals surface area (Å²) >= 11 is 21.2. The van der Waals surface area contributed by atoms with Crippen LogP contribution in [0.4, 0.5) is 19.0 Å². The van der Waals surface area contributed by atoms with E-state index in [4.69, 9.17) is 34.8 Å². The Morgan fingerprint density at radius 3 is 2.52 bits per heavy atom. The van der Waals surface area contributed by atoms with Gasteiger partial charge in [-0.25, -0.2) is 0 Å². The van der Waals surface area contributed by atoms with Crippen LogP contribution in [0.3, 0.4) is 0 Å². The van der Waals surface area contributed by atoms with Crippen LogP contribution in [0.1, 0.15) is 42.1 Å². The largest absolute Gasteiger partial charge is 0.436 e. The van der Waals surface area contributed by atoms with E-state index in [-0.39, 0.29) is 34.2 Å². The number of aromatic nitrogens is 4. The van der Waals surface area contributed by atoms with Crippen molar-refractivity contribution in [3.8, 4) is 0 Å². The molecule has 1 N–H and O–H groups in total. The Hall–Kier alpha value is -1.75. The Bertz CT molecular complexity index is 1210. The highest BCUT2D eigenvalue weighted by Crippen LogP contribution is 2.47. The van der Waals surface area contributed by atoms with E-state index in [1.807, 2.05) is 0 Å². The maximum absolute atomic E-state index is 13.2. The highest BCUT2D eigenvalue weighted by atomic mass is 79.9. The van der Waals surface area contributed by atoms with Crippen LogP contribution in [0.15, 0.2) is 28.9 Å². The fourth-order valence-corrected chi connectivity index (χ4v) is 4.69. The summed E-state index contributed by atoms with van der Waals surface area (Å²) < 4.78 is 42.4. The number of aryl methyl sites for hydroxylation is 1. The summed E-state index contributed by atoms with van der Waals surface area (Å²) in [5.74, 6) is -0.280. The van der Waals surface area contributed by atoms with Gasteiger partial charge in [0.25, 0.3) is 0 Å². The lowest BCUT2D eigenvalue weighted by Gasteiger charge is -2.07. The first kappa shape index (κ1) is 24.4. The molecule has 2 heterocycles. The van der Waals surface area contributed by atoms with E-state index in [0.717, 1.165) is 18.4 Å². The molecule has 0 aliphatic heterocycles. The number of nitrogens with one attached hydrogen (secondary N) is 1. The van der Waals surface area contributed by atoms with Crippen molar-refractivity contribution < 1.29 is 18.0 Å². The van der Waals surface area contributed by atoms with Gasteiger partial charge in [0.1, 0.15) is 5.02 Å². The molecule has 1 aromatic carbocycles. The average Bonchev–Trinajstić information content (AvgIpc) is 3.42. The van der Waals surface area contributed by atoms with E-state index in [0.29, 0.717) is 22.3 Å².